The van der Waals surface area contributed by atoms with Gasteiger partial charge in [0.1, 0.15) is 19.6 Å². The first-order valence-electron chi connectivity index (χ1n) is 11.8. The number of morpholine rings is 1. The lowest BCUT2D eigenvalue weighted by molar-refractivity contribution is -0.948. The zero-order valence-corrected chi connectivity index (χ0v) is 24.1. The molecule has 0 aromatic heterocycles. The molecule has 1 fully saturated rings. The minimum absolute atomic E-state index is 0.328. The van der Waals surface area contributed by atoms with Crippen LogP contribution in [0.4, 0.5) is 0 Å². The van der Waals surface area contributed by atoms with Gasteiger partial charge in [-0.2, -0.15) is 0 Å². The minimum Gasteiger partial charge on any atom is -0.370 e. The highest BCUT2D eigenvalue weighted by Crippen LogP contribution is 2.27. The number of nitrogens with zero attached hydrogens (tertiary/aromatic N) is 1. The summed E-state index contributed by atoms with van der Waals surface area (Å²) in [6, 6.07) is 25.9. The van der Waals surface area contributed by atoms with Gasteiger partial charge in [-0.1, -0.05) is 84.2 Å². The van der Waals surface area contributed by atoms with Gasteiger partial charge in [-0.15, -0.1) is 0 Å². The van der Waals surface area contributed by atoms with Gasteiger partial charge >= 0.3 is 0 Å². The SMILES string of the molecule is NC(CC[N+]1(Cc2ccc(Br)cc2)CCOCC1)(Cc1ccc(Br)cc1)Cc1ccc(Br)cc1. The number of rotatable bonds is 9. The van der Waals surface area contributed by atoms with Gasteiger partial charge in [0.25, 0.3) is 0 Å². The molecule has 0 spiro atoms. The number of hydrogen-bond acceptors (Lipinski definition) is 2. The first-order valence-corrected chi connectivity index (χ1v) is 14.2. The zero-order chi connectivity index (χ0) is 24.0. The Bertz CT molecular complexity index is 999. The van der Waals surface area contributed by atoms with Crippen LogP contribution in [0.3, 0.4) is 0 Å². The van der Waals surface area contributed by atoms with E-state index >= 15 is 0 Å². The second-order valence-corrected chi connectivity index (χ2v) is 12.4. The van der Waals surface area contributed by atoms with E-state index in [0.717, 1.165) is 76.6 Å². The van der Waals surface area contributed by atoms with Crippen LogP contribution in [0.25, 0.3) is 0 Å². The van der Waals surface area contributed by atoms with E-state index in [0.29, 0.717) is 0 Å². The second kappa shape index (κ2) is 11.8. The topological polar surface area (TPSA) is 35.2 Å². The van der Waals surface area contributed by atoms with Crippen molar-refractivity contribution in [3.8, 4) is 0 Å². The van der Waals surface area contributed by atoms with Crippen LogP contribution < -0.4 is 5.73 Å². The van der Waals surface area contributed by atoms with Gasteiger partial charge in [0, 0.05) is 30.9 Å². The quantitative estimate of drug-likeness (QED) is 0.256. The number of benzene rings is 3. The van der Waals surface area contributed by atoms with Gasteiger partial charge in [0.2, 0.25) is 0 Å². The standard InChI is InChI=1S/C28H32Br3N2O/c29-25-7-1-22(2-8-25)19-28(32,20-23-3-9-26(30)10-4-23)13-14-33(15-17-34-18-16-33)21-24-5-11-27(31)12-6-24/h1-12H,13-21,32H2/q+1. The lowest BCUT2D eigenvalue weighted by atomic mass is 9.82. The van der Waals surface area contributed by atoms with E-state index in [9.17, 15) is 0 Å². The van der Waals surface area contributed by atoms with Crippen LogP contribution >= 0.6 is 47.8 Å². The van der Waals surface area contributed by atoms with Crippen molar-refractivity contribution in [3.63, 3.8) is 0 Å². The molecule has 0 saturated carbocycles. The third-order valence-corrected chi connectivity index (χ3v) is 8.46. The highest BCUT2D eigenvalue weighted by molar-refractivity contribution is 9.11. The van der Waals surface area contributed by atoms with Gasteiger partial charge in [0.05, 0.1) is 19.8 Å². The second-order valence-electron chi connectivity index (χ2n) is 9.63. The first-order chi connectivity index (χ1) is 16.3. The van der Waals surface area contributed by atoms with E-state index < -0.39 is 0 Å². The van der Waals surface area contributed by atoms with Gasteiger partial charge in [-0.05, 0) is 60.4 Å². The molecule has 0 bridgehead atoms. The molecule has 180 valence electrons. The Kier molecular flexibility index (Phi) is 9.05. The van der Waals surface area contributed by atoms with Crippen molar-refractivity contribution in [2.75, 3.05) is 32.8 Å². The molecular formula is C28H32Br3N2O+. The van der Waals surface area contributed by atoms with E-state index in [2.05, 4.69) is 121 Å². The molecule has 0 amide bonds. The van der Waals surface area contributed by atoms with Crippen molar-refractivity contribution in [2.24, 2.45) is 5.73 Å². The van der Waals surface area contributed by atoms with Crippen molar-refractivity contribution in [2.45, 2.75) is 31.3 Å². The minimum atomic E-state index is -0.328. The molecule has 0 atom stereocenters. The predicted molar refractivity (Wildman–Crippen MR) is 151 cm³/mol. The summed E-state index contributed by atoms with van der Waals surface area (Å²) in [7, 11) is 0. The molecule has 6 heteroatoms. The average molecular weight is 652 g/mol. The van der Waals surface area contributed by atoms with Crippen LogP contribution in [-0.4, -0.2) is 42.9 Å². The van der Waals surface area contributed by atoms with Crippen LogP contribution in [0.5, 0.6) is 0 Å². The van der Waals surface area contributed by atoms with Crippen molar-refractivity contribution in [1.29, 1.82) is 0 Å². The summed E-state index contributed by atoms with van der Waals surface area (Å²) in [5, 5.41) is 0. The average Bonchev–Trinajstić information content (AvgIpc) is 2.83. The van der Waals surface area contributed by atoms with Gasteiger partial charge < -0.3 is 15.0 Å². The van der Waals surface area contributed by atoms with Crippen molar-refractivity contribution >= 4 is 47.8 Å². The van der Waals surface area contributed by atoms with Crippen molar-refractivity contribution < 1.29 is 9.22 Å². The molecular weight excluding hydrogens is 620 g/mol. The number of nitrogens with two attached hydrogens (primary N) is 1. The maximum atomic E-state index is 7.26. The van der Waals surface area contributed by atoms with E-state index in [1.807, 2.05) is 0 Å². The van der Waals surface area contributed by atoms with Crippen LogP contribution in [0, 0.1) is 0 Å². The first kappa shape index (κ1) is 26.1. The molecule has 2 N–H and O–H groups in total. The monoisotopic (exact) mass is 649 g/mol. The highest BCUT2D eigenvalue weighted by atomic mass is 79.9. The van der Waals surface area contributed by atoms with Gasteiger partial charge in [0.15, 0.2) is 0 Å². The van der Waals surface area contributed by atoms with Crippen molar-refractivity contribution in [3.05, 3.63) is 103 Å². The zero-order valence-electron chi connectivity index (χ0n) is 19.4. The predicted octanol–water partition coefficient (Wildman–Crippen LogP) is 6.89. The maximum Gasteiger partial charge on any atom is 0.104 e. The third-order valence-electron chi connectivity index (χ3n) is 6.87. The van der Waals surface area contributed by atoms with Crippen LogP contribution in [0.15, 0.2) is 86.2 Å². The Morgan fingerprint density at radius 2 is 1.09 bits per heavy atom. The number of hydrogen-bond donors (Lipinski definition) is 1. The van der Waals surface area contributed by atoms with Gasteiger partial charge in [-0.3, -0.25) is 0 Å². The Labute approximate surface area is 228 Å². The summed E-state index contributed by atoms with van der Waals surface area (Å²) in [4.78, 5) is 0. The third kappa shape index (κ3) is 7.49. The van der Waals surface area contributed by atoms with Crippen LogP contribution in [0.2, 0.25) is 0 Å². The molecule has 3 aromatic rings. The summed E-state index contributed by atoms with van der Waals surface area (Å²) >= 11 is 10.7. The molecule has 0 aliphatic carbocycles. The summed E-state index contributed by atoms with van der Waals surface area (Å²) in [5.74, 6) is 0. The normalized spacial score (nSPS) is 15.9. The summed E-state index contributed by atoms with van der Waals surface area (Å²) in [6.45, 7) is 5.75. The van der Waals surface area contributed by atoms with E-state index in [1.165, 1.54) is 16.7 Å². The maximum absolute atomic E-state index is 7.26. The van der Waals surface area contributed by atoms with Crippen molar-refractivity contribution in [1.82, 2.24) is 0 Å². The Morgan fingerprint density at radius 3 is 1.53 bits per heavy atom. The Morgan fingerprint density at radius 1 is 0.676 bits per heavy atom. The fraction of sp³-hybridized carbons (Fsp3) is 0.357. The molecule has 0 unspecified atom stereocenters. The molecule has 1 saturated heterocycles. The smallest absolute Gasteiger partial charge is 0.104 e. The Balaban J connectivity index is 1.55. The van der Waals surface area contributed by atoms with Gasteiger partial charge in [-0.25, -0.2) is 0 Å². The summed E-state index contributed by atoms with van der Waals surface area (Å²) in [6.07, 6.45) is 2.66. The fourth-order valence-electron chi connectivity index (χ4n) is 4.88. The Hall–Kier alpha value is -1.02. The van der Waals surface area contributed by atoms with E-state index in [1.54, 1.807) is 0 Å². The van der Waals surface area contributed by atoms with E-state index in [4.69, 9.17) is 10.5 Å². The van der Waals surface area contributed by atoms with E-state index in [-0.39, 0.29) is 5.54 Å². The summed E-state index contributed by atoms with van der Waals surface area (Å²) in [5.41, 5.74) is 10.9. The lowest BCUT2D eigenvalue weighted by Gasteiger charge is -2.44. The number of ether oxygens (including phenoxy) is 1. The molecule has 1 aliphatic heterocycles. The van der Waals surface area contributed by atoms with Crippen LogP contribution in [0.1, 0.15) is 23.1 Å². The fourth-order valence-corrected chi connectivity index (χ4v) is 5.68. The molecule has 3 nitrogen and oxygen atoms in total. The molecule has 1 heterocycles. The largest absolute Gasteiger partial charge is 0.370 e. The lowest BCUT2D eigenvalue weighted by Crippen LogP contribution is -2.58. The molecule has 1 aliphatic rings. The number of quaternary nitrogens is 1. The molecule has 0 radical (unpaired) electrons. The molecule has 4 rings (SSSR count). The number of halogens is 3. The molecule has 34 heavy (non-hydrogen) atoms. The molecule has 3 aromatic carbocycles. The summed E-state index contributed by atoms with van der Waals surface area (Å²) < 4.78 is 10.1. The highest BCUT2D eigenvalue weighted by Gasteiger charge is 2.35. The van der Waals surface area contributed by atoms with Crippen LogP contribution in [-0.2, 0) is 24.1 Å².